The highest BCUT2D eigenvalue weighted by atomic mass is 16.3. The Balaban J connectivity index is 1.89. The number of hydrogen-bond donors (Lipinski definition) is 2. The van der Waals surface area contributed by atoms with Gasteiger partial charge in [0, 0.05) is 0 Å². The number of fused-ring (bicyclic) bond motifs is 2. The fourth-order valence-corrected chi connectivity index (χ4v) is 3.02. The molecule has 0 atom stereocenters. The van der Waals surface area contributed by atoms with Crippen LogP contribution in [0.5, 0.6) is 0 Å². The Labute approximate surface area is 147 Å². The van der Waals surface area contributed by atoms with E-state index in [2.05, 4.69) is 15.0 Å². The van der Waals surface area contributed by atoms with Crippen LogP contribution in [-0.2, 0) is 13.0 Å². The van der Waals surface area contributed by atoms with E-state index in [1.54, 1.807) is 30.3 Å². The zero-order valence-corrected chi connectivity index (χ0v) is 13.8. The lowest BCUT2D eigenvalue weighted by molar-refractivity contribution is 0.272. The highest BCUT2D eigenvalue weighted by molar-refractivity contribution is 5.77. The van der Waals surface area contributed by atoms with E-state index < -0.39 is 0 Å². The summed E-state index contributed by atoms with van der Waals surface area (Å²) in [5, 5.41) is 9.81. The summed E-state index contributed by atoms with van der Waals surface area (Å²) >= 11 is 0. The normalized spacial score (nSPS) is 11.3. The Bertz CT molecular complexity index is 1230. The number of benzene rings is 2. The third-order valence-corrected chi connectivity index (χ3v) is 4.26. The molecule has 7 heteroatoms. The fourth-order valence-electron chi connectivity index (χ4n) is 3.02. The molecule has 2 heterocycles. The average molecular weight is 348 g/mol. The van der Waals surface area contributed by atoms with Gasteiger partial charge in [0.25, 0.3) is 11.1 Å². The fraction of sp³-hybridized carbons (Fsp3) is 0.158. The van der Waals surface area contributed by atoms with Crippen LogP contribution in [0.4, 0.5) is 0 Å². The minimum atomic E-state index is -0.318. The summed E-state index contributed by atoms with van der Waals surface area (Å²) in [6.45, 7) is -0.0913. The van der Waals surface area contributed by atoms with Crippen LogP contribution >= 0.6 is 0 Å². The number of hydrogen-bond acceptors (Lipinski definition) is 5. The van der Waals surface area contributed by atoms with Crippen molar-refractivity contribution in [1.29, 1.82) is 0 Å². The topological polar surface area (TPSA) is 101 Å². The molecule has 0 spiro atoms. The number of para-hydroxylation sites is 3. The lowest BCUT2D eigenvalue weighted by Gasteiger charge is -2.12. The lowest BCUT2D eigenvalue weighted by Crippen LogP contribution is -2.28. The molecule has 0 aliphatic rings. The molecule has 0 aliphatic carbocycles. The van der Waals surface area contributed by atoms with Gasteiger partial charge in [0.2, 0.25) is 0 Å². The number of aliphatic hydroxyl groups excluding tert-OH is 1. The number of H-pyrrole nitrogens is 1. The smallest absolute Gasteiger partial charge is 0.270 e. The van der Waals surface area contributed by atoms with Gasteiger partial charge in [-0.2, -0.15) is 0 Å². The first-order valence-corrected chi connectivity index (χ1v) is 8.24. The van der Waals surface area contributed by atoms with Gasteiger partial charge in [-0.1, -0.05) is 24.3 Å². The van der Waals surface area contributed by atoms with Gasteiger partial charge in [-0.05, 0) is 24.3 Å². The van der Waals surface area contributed by atoms with Crippen molar-refractivity contribution in [3.63, 3.8) is 0 Å². The van der Waals surface area contributed by atoms with Crippen LogP contribution in [0.15, 0.2) is 58.1 Å². The molecule has 0 saturated heterocycles. The van der Waals surface area contributed by atoms with Gasteiger partial charge in [-0.3, -0.25) is 14.2 Å². The van der Waals surface area contributed by atoms with Gasteiger partial charge in [0.05, 0.1) is 41.5 Å². The van der Waals surface area contributed by atoms with Crippen LogP contribution in [0.1, 0.15) is 11.5 Å². The van der Waals surface area contributed by atoms with Crippen molar-refractivity contribution in [2.75, 3.05) is 6.61 Å². The largest absolute Gasteiger partial charge is 0.395 e. The quantitative estimate of drug-likeness (QED) is 0.577. The number of rotatable bonds is 4. The second-order valence-electron chi connectivity index (χ2n) is 5.93. The molecule has 0 bridgehead atoms. The average Bonchev–Trinajstić information content (AvgIpc) is 2.65. The maximum atomic E-state index is 12.7. The van der Waals surface area contributed by atoms with E-state index in [1.165, 1.54) is 4.57 Å². The molecule has 0 unspecified atom stereocenters. The van der Waals surface area contributed by atoms with Gasteiger partial charge in [-0.25, -0.2) is 9.97 Å². The van der Waals surface area contributed by atoms with E-state index in [0.29, 0.717) is 27.8 Å². The molecular formula is C19H16N4O3. The molecule has 2 aromatic heterocycles. The van der Waals surface area contributed by atoms with E-state index in [1.807, 2.05) is 18.2 Å². The Morgan fingerprint density at radius 2 is 1.69 bits per heavy atom. The van der Waals surface area contributed by atoms with E-state index in [-0.39, 0.29) is 36.4 Å². The van der Waals surface area contributed by atoms with Crippen molar-refractivity contribution >= 4 is 21.9 Å². The molecule has 4 rings (SSSR count). The Morgan fingerprint density at radius 1 is 0.962 bits per heavy atom. The first-order valence-electron chi connectivity index (χ1n) is 8.24. The second-order valence-corrected chi connectivity index (χ2v) is 5.93. The van der Waals surface area contributed by atoms with Crippen molar-refractivity contribution in [2.24, 2.45) is 0 Å². The number of nitrogens with one attached hydrogen (secondary N) is 1. The third kappa shape index (κ3) is 2.78. The monoisotopic (exact) mass is 348 g/mol. The second kappa shape index (κ2) is 6.53. The van der Waals surface area contributed by atoms with Crippen molar-refractivity contribution in [1.82, 2.24) is 19.5 Å². The highest BCUT2D eigenvalue weighted by Gasteiger charge is 2.14. The maximum Gasteiger partial charge on any atom is 0.270 e. The van der Waals surface area contributed by atoms with E-state index >= 15 is 0 Å². The number of aliphatic hydroxyl groups is 1. The van der Waals surface area contributed by atoms with Crippen molar-refractivity contribution in [3.05, 3.63) is 80.8 Å². The molecule has 0 amide bonds. The maximum absolute atomic E-state index is 12.7. The lowest BCUT2D eigenvalue weighted by atomic mass is 10.2. The predicted molar refractivity (Wildman–Crippen MR) is 98.3 cm³/mol. The molecule has 0 aliphatic heterocycles. The molecule has 26 heavy (non-hydrogen) atoms. The van der Waals surface area contributed by atoms with Crippen LogP contribution in [0, 0.1) is 0 Å². The minimum Gasteiger partial charge on any atom is -0.395 e. The van der Waals surface area contributed by atoms with Crippen molar-refractivity contribution in [3.8, 4) is 0 Å². The molecule has 0 fully saturated rings. The number of aromatic nitrogens is 4. The zero-order chi connectivity index (χ0) is 18.1. The van der Waals surface area contributed by atoms with E-state index in [9.17, 15) is 14.7 Å². The molecule has 4 aromatic rings. The van der Waals surface area contributed by atoms with Gasteiger partial charge < -0.3 is 10.1 Å². The first-order chi connectivity index (χ1) is 12.7. The van der Waals surface area contributed by atoms with E-state index in [4.69, 9.17) is 0 Å². The van der Waals surface area contributed by atoms with Crippen molar-refractivity contribution in [2.45, 2.75) is 13.0 Å². The SMILES string of the molecule is O=c1[nH]c2ccccc2nc1Cc1nc2ccccc2c(=O)n1CCO. The summed E-state index contributed by atoms with van der Waals surface area (Å²) in [4.78, 5) is 36.9. The summed E-state index contributed by atoms with van der Waals surface area (Å²) in [5.74, 6) is 0.399. The first kappa shape index (κ1) is 16.2. The van der Waals surface area contributed by atoms with Gasteiger partial charge in [-0.15, -0.1) is 0 Å². The minimum absolute atomic E-state index is 0.0975. The van der Waals surface area contributed by atoms with Gasteiger partial charge in [0.15, 0.2) is 0 Å². The van der Waals surface area contributed by atoms with Crippen LogP contribution in [0.3, 0.4) is 0 Å². The Kier molecular flexibility index (Phi) is 4.06. The third-order valence-electron chi connectivity index (χ3n) is 4.26. The standard InChI is InChI=1S/C19H16N4O3/c24-10-9-23-17(21-13-6-2-1-5-12(13)19(23)26)11-16-18(25)22-15-8-4-3-7-14(15)20-16/h1-8,24H,9-11H2,(H,22,25). The van der Waals surface area contributed by atoms with Crippen LogP contribution < -0.4 is 11.1 Å². The molecule has 130 valence electrons. The summed E-state index contributed by atoms with van der Waals surface area (Å²) in [6.07, 6.45) is 0.0975. The molecule has 0 radical (unpaired) electrons. The molecule has 2 aromatic carbocycles. The molecule has 0 saturated carbocycles. The predicted octanol–water partition coefficient (Wildman–Crippen LogP) is 1.22. The number of nitrogens with zero attached hydrogens (tertiary/aromatic N) is 3. The molecule has 2 N–H and O–H groups in total. The number of aromatic amines is 1. The molecule has 7 nitrogen and oxygen atoms in total. The van der Waals surface area contributed by atoms with Crippen LogP contribution in [0.2, 0.25) is 0 Å². The van der Waals surface area contributed by atoms with Crippen LogP contribution in [0.25, 0.3) is 21.9 Å². The van der Waals surface area contributed by atoms with Crippen LogP contribution in [-0.4, -0.2) is 31.2 Å². The Morgan fingerprint density at radius 3 is 2.50 bits per heavy atom. The summed E-state index contributed by atoms with van der Waals surface area (Å²) < 4.78 is 1.40. The van der Waals surface area contributed by atoms with Gasteiger partial charge in [0.1, 0.15) is 11.5 Å². The highest BCUT2D eigenvalue weighted by Crippen LogP contribution is 2.11. The van der Waals surface area contributed by atoms with E-state index in [0.717, 1.165) is 0 Å². The summed E-state index contributed by atoms with van der Waals surface area (Å²) in [7, 11) is 0. The summed E-state index contributed by atoms with van der Waals surface area (Å²) in [5.41, 5.74) is 1.59. The molecular weight excluding hydrogens is 332 g/mol. The Hall–Kier alpha value is -3.32. The van der Waals surface area contributed by atoms with Crippen molar-refractivity contribution < 1.29 is 5.11 Å². The zero-order valence-electron chi connectivity index (χ0n) is 13.8. The summed E-state index contributed by atoms with van der Waals surface area (Å²) in [6, 6.07) is 14.3. The van der Waals surface area contributed by atoms with Gasteiger partial charge >= 0.3 is 0 Å².